The van der Waals surface area contributed by atoms with Gasteiger partial charge in [0.15, 0.2) is 0 Å². The van der Waals surface area contributed by atoms with Crippen LogP contribution >= 0.6 is 0 Å². The van der Waals surface area contributed by atoms with Gasteiger partial charge in [-0.25, -0.2) is 14.8 Å². The molecule has 28 heavy (non-hydrogen) atoms. The number of hydrogen-bond donors (Lipinski definition) is 0. The number of nitrogens with zero attached hydrogens (tertiary/aromatic N) is 2. The molecule has 1 amide bonds. The van der Waals surface area contributed by atoms with Crippen molar-refractivity contribution in [2.45, 2.75) is 72.6 Å². The molecule has 0 radical (unpaired) electrons. The predicted molar refractivity (Wildman–Crippen MR) is 109 cm³/mol. The van der Waals surface area contributed by atoms with Gasteiger partial charge in [0.25, 0.3) is 0 Å². The molecule has 0 bridgehead atoms. The molecule has 6 heteroatoms. The maximum absolute atomic E-state index is 12.7. The molecule has 1 aliphatic heterocycles. The molecular weight excluding hydrogens is 356 g/mol. The minimum Gasteiger partial charge on any atom is -0.466 e. The molecule has 0 aromatic heterocycles. The molecule has 0 aliphatic carbocycles. The van der Waals surface area contributed by atoms with Gasteiger partial charge in [-0.3, -0.25) is 4.79 Å². The summed E-state index contributed by atoms with van der Waals surface area (Å²) in [7, 11) is 0. The molecule has 1 aliphatic rings. The summed E-state index contributed by atoms with van der Waals surface area (Å²) < 4.78 is 10.6. The van der Waals surface area contributed by atoms with Crippen LogP contribution in [-0.4, -0.2) is 53.4 Å². The second-order valence-corrected chi connectivity index (χ2v) is 8.01. The van der Waals surface area contributed by atoms with Crippen LogP contribution in [0.4, 0.5) is 4.79 Å². The van der Waals surface area contributed by atoms with Crippen molar-refractivity contribution in [2.75, 3.05) is 13.2 Å². The van der Waals surface area contributed by atoms with E-state index in [9.17, 15) is 9.59 Å². The largest absolute Gasteiger partial charge is 0.466 e. The average Bonchev–Trinajstić information content (AvgIpc) is 2.95. The van der Waals surface area contributed by atoms with E-state index in [-0.39, 0.29) is 36.2 Å². The van der Waals surface area contributed by atoms with Gasteiger partial charge < -0.3 is 9.47 Å². The summed E-state index contributed by atoms with van der Waals surface area (Å²) in [5, 5.41) is 3.75. The Labute approximate surface area is 168 Å². The molecular formula is C22H34N2O4. The van der Waals surface area contributed by atoms with Gasteiger partial charge in [0.05, 0.1) is 19.1 Å². The normalized spacial score (nSPS) is 20.1. The average molecular weight is 391 g/mol. The lowest BCUT2D eigenvalue weighted by atomic mass is 9.91. The Bertz CT molecular complexity index is 657. The van der Waals surface area contributed by atoms with Crippen LogP contribution in [-0.2, 0) is 20.7 Å². The first-order chi connectivity index (χ1) is 13.2. The lowest BCUT2D eigenvalue weighted by Crippen LogP contribution is -2.50. The molecule has 2 atom stereocenters. The quantitative estimate of drug-likeness (QED) is 0.660. The summed E-state index contributed by atoms with van der Waals surface area (Å²) in [6.07, 6.45) is 0.498. The van der Waals surface area contributed by atoms with Crippen LogP contribution in [0.3, 0.4) is 0 Å². The topological polar surface area (TPSA) is 59.1 Å². The number of carbonyl (C=O) groups is 2. The molecule has 0 saturated carbocycles. The summed E-state index contributed by atoms with van der Waals surface area (Å²) >= 11 is 0. The number of benzene rings is 1. The maximum Gasteiger partial charge on any atom is 0.424 e. The third-order valence-corrected chi connectivity index (χ3v) is 4.95. The van der Waals surface area contributed by atoms with Crippen LogP contribution in [0.25, 0.3) is 0 Å². The van der Waals surface area contributed by atoms with Crippen LogP contribution in [0.15, 0.2) is 24.3 Å². The third kappa shape index (κ3) is 5.71. The fourth-order valence-corrected chi connectivity index (χ4v) is 3.79. The number of ether oxygens (including phenoxy) is 2. The number of aryl methyl sites for hydroxylation is 1. The Morgan fingerprint density at radius 3 is 2.32 bits per heavy atom. The zero-order valence-electron chi connectivity index (χ0n) is 18.0. The van der Waals surface area contributed by atoms with Crippen LogP contribution in [0.1, 0.15) is 52.2 Å². The maximum atomic E-state index is 12.7. The van der Waals surface area contributed by atoms with Gasteiger partial charge >= 0.3 is 12.1 Å². The van der Waals surface area contributed by atoms with Gasteiger partial charge in [-0.1, -0.05) is 29.8 Å². The highest BCUT2D eigenvalue weighted by Crippen LogP contribution is 2.32. The highest BCUT2D eigenvalue weighted by atomic mass is 16.6. The lowest BCUT2D eigenvalue weighted by molar-refractivity contribution is -0.144. The van der Waals surface area contributed by atoms with Crippen molar-refractivity contribution in [1.82, 2.24) is 10.0 Å². The van der Waals surface area contributed by atoms with Crippen LogP contribution in [0.2, 0.25) is 0 Å². The molecule has 6 nitrogen and oxygen atoms in total. The van der Waals surface area contributed by atoms with E-state index >= 15 is 0 Å². The standard InChI is InChI=1S/C22H34N2O4/c1-7-27-21(25)13-19-14-23(22(26)28-16(4)5)24(15(2)3)20(19)12-18-10-8-17(6)9-11-18/h8-11,15-16,19-20H,7,12-14H2,1-6H3/t19-,20+/m0/s1. The Kier molecular flexibility index (Phi) is 7.87. The number of hydrogen-bond acceptors (Lipinski definition) is 5. The predicted octanol–water partition coefficient (Wildman–Crippen LogP) is 3.96. The summed E-state index contributed by atoms with van der Waals surface area (Å²) in [5.41, 5.74) is 2.40. The van der Waals surface area contributed by atoms with Gasteiger partial charge in [-0.15, -0.1) is 0 Å². The van der Waals surface area contributed by atoms with E-state index in [1.54, 1.807) is 5.01 Å². The summed E-state index contributed by atoms with van der Waals surface area (Å²) in [6.45, 7) is 12.5. The fourth-order valence-electron chi connectivity index (χ4n) is 3.79. The Balaban J connectivity index is 2.29. The third-order valence-electron chi connectivity index (χ3n) is 4.95. The van der Waals surface area contributed by atoms with Gasteiger partial charge in [0, 0.05) is 24.5 Å². The number of amides is 1. The number of rotatable bonds is 7. The molecule has 0 N–H and O–H groups in total. The fraction of sp³-hybridized carbons (Fsp3) is 0.636. The van der Waals surface area contributed by atoms with Gasteiger partial charge in [0.1, 0.15) is 0 Å². The molecule has 1 saturated heterocycles. The molecule has 0 spiro atoms. The van der Waals surface area contributed by atoms with E-state index in [0.29, 0.717) is 19.6 Å². The zero-order valence-corrected chi connectivity index (χ0v) is 18.0. The van der Waals surface area contributed by atoms with Crippen molar-refractivity contribution >= 4 is 12.1 Å². The second kappa shape index (κ2) is 9.92. The molecule has 1 heterocycles. The summed E-state index contributed by atoms with van der Waals surface area (Å²) in [5.74, 6) is -0.230. The van der Waals surface area contributed by atoms with E-state index in [1.807, 2.05) is 20.8 Å². The summed E-state index contributed by atoms with van der Waals surface area (Å²) in [4.78, 5) is 24.9. The molecule has 1 aromatic rings. The van der Waals surface area contributed by atoms with Crippen LogP contribution < -0.4 is 0 Å². The Hall–Kier alpha value is -2.08. The first-order valence-electron chi connectivity index (χ1n) is 10.2. The number of carbonyl (C=O) groups excluding carboxylic acids is 2. The van der Waals surface area contributed by atoms with Gasteiger partial charge in [-0.05, 0) is 53.5 Å². The van der Waals surface area contributed by atoms with E-state index < -0.39 is 0 Å². The number of hydrazine groups is 1. The minimum absolute atomic E-state index is 0.0116. The SMILES string of the molecule is CCOC(=O)C[C@H]1CN(C(=O)OC(C)C)N(C(C)C)[C@@H]1Cc1ccc(C)cc1. The molecule has 0 unspecified atom stereocenters. The van der Waals surface area contributed by atoms with Crippen molar-refractivity contribution in [3.63, 3.8) is 0 Å². The van der Waals surface area contributed by atoms with Crippen molar-refractivity contribution in [3.05, 3.63) is 35.4 Å². The van der Waals surface area contributed by atoms with Crippen molar-refractivity contribution in [1.29, 1.82) is 0 Å². The highest BCUT2D eigenvalue weighted by molar-refractivity contribution is 5.71. The van der Waals surface area contributed by atoms with Crippen molar-refractivity contribution < 1.29 is 19.1 Å². The summed E-state index contributed by atoms with van der Waals surface area (Å²) in [6, 6.07) is 8.54. The van der Waals surface area contributed by atoms with E-state index in [4.69, 9.17) is 9.47 Å². The Morgan fingerprint density at radius 2 is 1.79 bits per heavy atom. The molecule has 1 fully saturated rings. The minimum atomic E-state index is -0.357. The lowest BCUT2D eigenvalue weighted by Gasteiger charge is -2.35. The van der Waals surface area contributed by atoms with Crippen LogP contribution in [0, 0.1) is 12.8 Å². The zero-order chi connectivity index (χ0) is 20.8. The monoisotopic (exact) mass is 390 g/mol. The number of esters is 1. The van der Waals surface area contributed by atoms with Crippen molar-refractivity contribution in [3.8, 4) is 0 Å². The molecule has 1 aromatic carbocycles. The molecule has 2 rings (SSSR count). The second-order valence-electron chi connectivity index (χ2n) is 8.01. The molecule has 156 valence electrons. The van der Waals surface area contributed by atoms with Crippen molar-refractivity contribution in [2.24, 2.45) is 5.92 Å². The van der Waals surface area contributed by atoms with Gasteiger partial charge in [-0.2, -0.15) is 0 Å². The van der Waals surface area contributed by atoms with E-state index in [1.165, 1.54) is 11.1 Å². The first kappa shape index (κ1) is 22.2. The Morgan fingerprint density at radius 1 is 1.14 bits per heavy atom. The smallest absolute Gasteiger partial charge is 0.424 e. The highest BCUT2D eigenvalue weighted by Gasteiger charge is 2.45. The van der Waals surface area contributed by atoms with Crippen LogP contribution in [0.5, 0.6) is 0 Å². The van der Waals surface area contributed by atoms with E-state index in [0.717, 1.165) is 6.42 Å². The van der Waals surface area contributed by atoms with Gasteiger partial charge in [0.2, 0.25) is 0 Å². The first-order valence-corrected chi connectivity index (χ1v) is 10.2. The van der Waals surface area contributed by atoms with E-state index in [2.05, 4.69) is 50.0 Å².